The van der Waals surface area contributed by atoms with Crippen molar-refractivity contribution in [1.29, 1.82) is 0 Å². The topological polar surface area (TPSA) is 72.1 Å². The average Bonchev–Trinajstić information content (AvgIpc) is 3.35. The first-order valence-corrected chi connectivity index (χ1v) is 12.3. The highest BCUT2D eigenvalue weighted by atomic mass is 19.1. The van der Waals surface area contributed by atoms with Crippen LogP contribution < -0.4 is 4.74 Å². The quantitative estimate of drug-likeness (QED) is 0.534. The molecule has 1 saturated heterocycles. The maximum Gasteiger partial charge on any atom is 0.151 e. The lowest BCUT2D eigenvalue weighted by atomic mass is 9.90. The van der Waals surface area contributed by atoms with E-state index >= 15 is 0 Å². The van der Waals surface area contributed by atoms with Crippen LogP contribution in [0.5, 0.6) is 5.75 Å². The van der Waals surface area contributed by atoms with Crippen LogP contribution in [0.2, 0.25) is 0 Å². The van der Waals surface area contributed by atoms with E-state index in [0.29, 0.717) is 19.6 Å². The van der Waals surface area contributed by atoms with E-state index < -0.39 is 0 Å². The van der Waals surface area contributed by atoms with Gasteiger partial charge in [-0.2, -0.15) is 0 Å². The van der Waals surface area contributed by atoms with Crippen molar-refractivity contribution in [2.75, 3.05) is 26.9 Å². The number of amidine groups is 1. The van der Waals surface area contributed by atoms with Crippen LogP contribution in [0.1, 0.15) is 43.1 Å². The Kier molecular flexibility index (Phi) is 8.18. The van der Waals surface area contributed by atoms with Gasteiger partial charge in [0.2, 0.25) is 0 Å². The Morgan fingerprint density at radius 1 is 1.19 bits per heavy atom. The fraction of sp³-hybridized carbons (Fsp3) is 0.357. The van der Waals surface area contributed by atoms with Gasteiger partial charge in [-0.3, -0.25) is 9.83 Å². The van der Waals surface area contributed by atoms with Crippen LogP contribution in [0.3, 0.4) is 0 Å². The zero-order valence-corrected chi connectivity index (χ0v) is 21.2. The van der Waals surface area contributed by atoms with Gasteiger partial charge in [0.1, 0.15) is 11.6 Å². The number of hydrogen-bond donors (Lipinski definition) is 1. The third-order valence-electron chi connectivity index (χ3n) is 6.25. The van der Waals surface area contributed by atoms with Gasteiger partial charge in [0.05, 0.1) is 44.1 Å². The van der Waals surface area contributed by atoms with Crippen molar-refractivity contribution in [1.82, 2.24) is 14.6 Å². The molecule has 0 saturated carbocycles. The number of ether oxygens (including phenoxy) is 1. The minimum Gasteiger partial charge on any atom is -0.495 e. The highest BCUT2D eigenvalue weighted by Crippen LogP contribution is 2.37. The fourth-order valence-corrected chi connectivity index (χ4v) is 4.56. The molecule has 0 spiro atoms. The summed E-state index contributed by atoms with van der Waals surface area (Å²) >= 11 is 0. The molecule has 2 aliphatic heterocycles. The summed E-state index contributed by atoms with van der Waals surface area (Å²) in [6, 6.07) is 12.2. The monoisotopic (exact) mass is 492 g/mol. The number of aromatic nitrogens is 2. The van der Waals surface area contributed by atoms with E-state index in [1.54, 1.807) is 30.6 Å². The second-order valence-electron chi connectivity index (χ2n) is 8.54. The Morgan fingerprint density at radius 2 is 1.97 bits per heavy atom. The lowest BCUT2D eigenvalue weighted by Gasteiger charge is -2.43. The number of imidazole rings is 1. The number of aliphatic hydroxyl groups is 1. The molecule has 0 radical (unpaired) electrons. The van der Waals surface area contributed by atoms with Crippen molar-refractivity contribution in [2.45, 2.75) is 33.2 Å². The summed E-state index contributed by atoms with van der Waals surface area (Å²) in [6.45, 7) is 6.87. The van der Waals surface area contributed by atoms with E-state index in [4.69, 9.17) is 14.6 Å². The molecule has 1 fully saturated rings. The first kappa shape index (κ1) is 25.6. The molecular weight excluding hydrogens is 459 g/mol. The minimum atomic E-state index is -0.294. The molecule has 0 bridgehead atoms. The normalized spacial score (nSPS) is 20.3. The van der Waals surface area contributed by atoms with Gasteiger partial charge >= 0.3 is 0 Å². The lowest BCUT2D eigenvalue weighted by molar-refractivity contribution is -0.156. The zero-order chi connectivity index (χ0) is 25.7. The Labute approximate surface area is 211 Å². The minimum absolute atomic E-state index is 0.0376. The Balaban J connectivity index is 0.00000148. The smallest absolute Gasteiger partial charge is 0.151 e. The molecule has 3 heterocycles. The third-order valence-corrected chi connectivity index (χ3v) is 6.25. The molecule has 0 amide bonds. The number of fused-ring (bicyclic) bond motifs is 1. The summed E-state index contributed by atoms with van der Waals surface area (Å²) in [6.07, 6.45) is 6.53. The van der Waals surface area contributed by atoms with Crippen molar-refractivity contribution in [3.63, 3.8) is 0 Å². The largest absolute Gasteiger partial charge is 0.495 e. The number of aliphatic imine (C=N–C) groups is 1. The number of halogens is 1. The molecule has 7 nitrogen and oxygen atoms in total. The fourth-order valence-electron chi connectivity index (χ4n) is 4.56. The molecule has 1 aromatic heterocycles. The van der Waals surface area contributed by atoms with Crippen LogP contribution >= 0.6 is 0 Å². The summed E-state index contributed by atoms with van der Waals surface area (Å²) in [5.41, 5.74) is 4.76. The SMILES string of the molecule is CC.COc1cc(/C=C2\CCON3C2=NCC(CO)C3c2ccc(F)cc2)ccc1-n1cnc(C)c1. The van der Waals surface area contributed by atoms with E-state index in [9.17, 15) is 9.50 Å². The van der Waals surface area contributed by atoms with E-state index in [2.05, 4.69) is 11.1 Å². The van der Waals surface area contributed by atoms with Crippen LogP contribution in [0, 0.1) is 18.7 Å². The van der Waals surface area contributed by atoms with Crippen molar-refractivity contribution in [2.24, 2.45) is 10.9 Å². The number of aliphatic hydroxyl groups excluding tert-OH is 1. The number of methoxy groups -OCH3 is 1. The molecule has 190 valence electrons. The molecule has 5 rings (SSSR count). The van der Waals surface area contributed by atoms with Crippen LogP contribution in [0.4, 0.5) is 4.39 Å². The highest BCUT2D eigenvalue weighted by molar-refractivity contribution is 6.02. The van der Waals surface area contributed by atoms with E-state index in [-0.39, 0.29) is 24.4 Å². The van der Waals surface area contributed by atoms with Crippen molar-refractivity contribution in [3.05, 3.63) is 83.2 Å². The van der Waals surface area contributed by atoms with Crippen LogP contribution in [0.25, 0.3) is 11.8 Å². The Bertz CT molecular complexity index is 1240. The molecule has 2 unspecified atom stereocenters. The van der Waals surface area contributed by atoms with Crippen molar-refractivity contribution < 1.29 is 19.1 Å². The van der Waals surface area contributed by atoms with E-state index in [1.165, 1.54) is 12.1 Å². The zero-order valence-electron chi connectivity index (χ0n) is 21.2. The number of nitrogens with zero attached hydrogens (tertiary/aromatic N) is 4. The number of hydrogen-bond acceptors (Lipinski definition) is 6. The van der Waals surface area contributed by atoms with Gasteiger partial charge < -0.3 is 14.4 Å². The number of rotatable bonds is 5. The molecule has 8 heteroatoms. The predicted octanol–water partition coefficient (Wildman–Crippen LogP) is 5.14. The molecule has 36 heavy (non-hydrogen) atoms. The summed E-state index contributed by atoms with van der Waals surface area (Å²) in [5.74, 6) is 1.05. The van der Waals surface area contributed by atoms with Gasteiger partial charge in [-0.05, 0) is 54.0 Å². The summed E-state index contributed by atoms with van der Waals surface area (Å²) in [7, 11) is 1.66. The van der Waals surface area contributed by atoms with E-state index in [1.807, 2.05) is 49.7 Å². The van der Waals surface area contributed by atoms with Gasteiger partial charge in [0, 0.05) is 25.1 Å². The Morgan fingerprint density at radius 3 is 2.64 bits per heavy atom. The lowest BCUT2D eigenvalue weighted by Crippen LogP contribution is -2.47. The van der Waals surface area contributed by atoms with Gasteiger partial charge in [-0.15, -0.1) is 0 Å². The molecule has 2 aromatic carbocycles. The van der Waals surface area contributed by atoms with Crippen molar-refractivity contribution in [3.8, 4) is 11.4 Å². The predicted molar refractivity (Wildman–Crippen MR) is 139 cm³/mol. The average molecular weight is 493 g/mol. The molecule has 2 aliphatic rings. The first-order valence-electron chi connectivity index (χ1n) is 12.3. The van der Waals surface area contributed by atoms with Crippen LogP contribution in [-0.2, 0) is 4.84 Å². The summed E-state index contributed by atoms with van der Waals surface area (Å²) in [5, 5.41) is 11.8. The number of hydroxylamine groups is 2. The molecule has 0 aliphatic carbocycles. The van der Waals surface area contributed by atoms with Crippen LogP contribution in [-0.4, -0.2) is 52.4 Å². The molecule has 3 aromatic rings. The summed E-state index contributed by atoms with van der Waals surface area (Å²) in [4.78, 5) is 15.1. The number of benzene rings is 2. The molecular formula is C28H33FN4O3. The van der Waals surface area contributed by atoms with Crippen molar-refractivity contribution >= 4 is 11.9 Å². The Hall–Kier alpha value is -3.49. The van der Waals surface area contributed by atoms with E-state index in [0.717, 1.165) is 39.7 Å². The summed E-state index contributed by atoms with van der Waals surface area (Å²) < 4.78 is 21.1. The van der Waals surface area contributed by atoms with Crippen LogP contribution in [0.15, 0.2) is 65.6 Å². The molecule has 2 atom stereocenters. The number of aryl methyl sites for hydroxylation is 1. The second-order valence-corrected chi connectivity index (χ2v) is 8.54. The van der Waals surface area contributed by atoms with Gasteiger partial charge in [0.15, 0.2) is 5.84 Å². The standard InChI is InChI=1S/C26H27FN4O3.C2H6/c1-17-14-30(16-29-17)23-8-3-18(12-24(23)33-2)11-20-9-10-34-31-25(19-4-6-22(27)7-5-19)21(15-32)13-28-26(20)31;1-2/h3-8,11-12,14,16,21,25,32H,9-10,13,15H2,1-2H3;1-2H3/b20-11+;. The van der Waals surface area contributed by atoms with Gasteiger partial charge in [0.25, 0.3) is 0 Å². The second kappa shape index (κ2) is 11.5. The molecule has 1 N–H and O–H groups in total. The third kappa shape index (κ3) is 5.20. The maximum atomic E-state index is 13.5. The first-order chi connectivity index (χ1) is 17.6. The van der Waals surface area contributed by atoms with Gasteiger partial charge in [-0.25, -0.2) is 14.4 Å². The van der Waals surface area contributed by atoms with Gasteiger partial charge in [-0.1, -0.05) is 32.0 Å². The highest BCUT2D eigenvalue weighted by Gasteiger charge is 2.38. The maximum absolute atomic E-state index is 13.5.